The van der Waals surface area contributed by atoms with Gasteiger partial charge in [0.05, 0.1) is 17.9 Å². The first-order valence-electron chi connectivity index (χ1n) is 6.32. The Bertz CT molecular complexity index is 664. The fraction of sp³-hybridized carbons (Fsp3) is 0.500. The smallest absolute Gasteiger partial charge is 0.309 e. The molecule has 110 valence electrons. The van der Waals surface area contributed by atoms with Crippen LogP contribution in [0.4, 0.5) is 0 Å². The van der Waals surface area contributed by atoms with Gasteiger partial charge in [-0.2, -0.15) is 0 Å². The van der Waals surface area contributed by atoms with E-state index in [0.717, 1.165) is 11.1 Å². The van der Waals surface area contributed by atoms with Crippen LogP contribution in [0.5, 0.6) is 0 Å². The Morgan fingerprint density at radius 3 is 2.40 bits per heavy atom. The topological polar surface area (TPSA) is 86.5 Å². The molecule has 0 aromatic heterocycles. The van der Waals surface area contributed by atoms with E-state index >= 15 is 0 Å². The van der Waals surface area contributed by atoms with Crippen LogP contribution in [0, 0.1) is 18.3 Å². The standard InChI is InChI=1S/C14H19NO4S/c1-8-7-9(20(15,17)18)5-6-10(8)11-12(13(16)19-4)14(11,2)3/h5-7,11-12H,1-4H3,(H2,15,17,18)/t11-,12+/m0/s1. The monoisotopic (exact) mass is 297 g/mol. The summed E-state index contributed by atoms with van der Waals surface area (Å²) in [6.07, 6.45) is 0. The Balaban J connectivity index is 2.39. The molecule has 0 saturated heterocycles. The first-order valence-corrected chi connectivity index (χ1v) is 7.86. The highest BCUT2D eigenvalue weighted by Crippen LogP contribution is 2.65. The Kier molecular flexibility index (Phi) is 3.42. The molecule has 2 atom stereocenters. The van der Waals surface area contributed by atoms with Crippen LogP contribution in [0.25, 0.3) is 0 Å². The molecule has 2 N–H and O–H groups in total. The van der Waals surface area contributed by atoms with E-state index < -0.39 is 10.0 Å². The molecule has 0 aliphatic heterocycles. The molecule has 0 unspecified atom stereocenters. The lowest BCUT2D eigenvalue weighted by molar-refractivity contribution is -0.143. The van der Waals surface area contributed by atoms with Gasteiger partial charge >= 0.3 is 5.97 Å². The van der Waals surface area contributed by atoms with E-state index in [2.05, 4.69) is 0 Å². The highest BCUT2D eigenvalue weighted by molar-refractivity contribution is 7.89. The van der Waals surface area contributed by atoms with Gasteiger partial charge in [0, 0.05) is 5.92 Å². The quantitative estimate of drug-likeness (QED) is 0.858. The van der Waals surface area contributed by atoms with Crippen molar-refractivity contribution in [2.75, 3.05) is 7.11 Å². The molecule has 1 saturated carbocycles. The van der Waals surface area contributed by atoms with Gasteiger partial charge in [-0.15, -0.1) is 0 Å². The van der Waals surface area contributed by atoms with Gasteiger partial charge in [-0.25, -0.2) is 13.6 Å². The highest BCUT2D eigenvalue weighted by Gasteiger charge is 2.63. The van der Waals surface area contributed by atoms with E-state index in [1.165, 1.54) is 13.2 Å². The van der Waals surface area contributed by atoms with Gasteiger partial charge in [-0.05, 0) is 35.6 Å². The fourth-order valence-electron chi connectivity index (χ4n) is 2.96. The van der Waals surface area contributed by atoms with Gasteiger partial charge in [0.1, 0.15) is 0 Å². The summed E-state index contributed by atoms with van der Waals surface area (Å²) < 4.78 is 27.5. The number of benzene rings is 1. The zero-order chi connectivity index (χ0) is 15.3. The lowest BCUT2D eigenvalue weighted by Gasteiger charge is -2.08. The first-order chi connectivity index (χ1) is 9.10. The second kappa shape index (κ2) is 4.56. The zero-order valence-electron chi connectivity index (χ0n) is 12.0. The van der Waals surface area contributed by atoms with E-state index in [4.69, 9.17) is 9.88 Å². The van der Waals surface area contributed by atoms with Crippen molar-refractivity contribution < 1.29 is 17.9 Å². The largest absolute Gasteiger partial charge is 0.469 e. The molecule has 20 heavy (non-hydrogen) atoms. The molecule has 0 amide bonds. The number of primary sulfonamides is 1. The zero-order valence-corrected chi connectivity index (χ0v) is 12.8. The molecule has 0 bridgehead atoms. The van der Waals surface area contributed by atoms with Gasteiger partial charge in [-0.3, -0.25) is 4.79 Å². The molecular weight excluding hydrogens is 278 g/mol. The average molecular weight is 297 g/mol. The van der Waals surface area contributed by atoms with Gasteiger partial charge in [0.25, 0.3) is 0 Å². The van der Waals surface area contributed by atoms with Crippen molar-refractivity contribution in [1.29, 1.82) is 0 Å². The number of hydrogen-bond acceptors (Lipinski definition) is 4. The van der Waals surface area contributed by atoms with Crippen molar-refractivity contribution in [1.82, 2.24) is 0 Å². The summed E-state index contributed by atoms with van der Waals surface area (Å²) in [7, 11) is -2.32. The minimum Gasteiger partial charge on any atom is -0.469 e. The second-order valence-electron chi connectivity index (χ2n) is 5.86. The summed E-state index contributed by atoms with van der Waals surface area (Å²) in [5.74, 6) is -0.370. The van der Waals surface area contributed by atoms with Crippen molar-refractivity contribution >= 4 is 16.0 Å². The molecule has 1 aliphatic rings. The second-order valence-corrected chi connectivity index (χ2v) is 7.42. The molecule has 5 nitrogen and oxygen atoms in total. The highest BCUT2D eigenvalue weighted by atomic mass is 32.2. The molecule has 6 heteroatoms. The van der Waals surface area contributed by atoms with Crippen LogP contribution in [-0.4, -0.2) is 21.5 Å². The maximum Gasteiger partial charge on any atom is 0.309 e. The average Bonchev–Trinajstić information content (AvgIpc) is 2.89. The van der Waals surface area contributed by atoms with Crippen LogP contribution in [0.3, 0.4) is 0 Å². The number of methoxy groups -OCH3 is 1. The van der Waals surface area contributed by atoms with Gasteiger partial charge < -0.3 is 4.74 Å². The van der Waals surface area contributed by atoms with E-state index in [1.807, 2.05) is 20.8 Å². The Labute approximate surface area is 119 Å². The molecule has 1 aromatic rings. The molecule has 1 aromatic carbocycles. The number of hydrogen-bond donors (Lipinski definition) is 1. The van der Waals surface area contributed by atoms with E-state index in [9.17, 15) is 13.2 Å². The lowest BCUT2D eigenvalue weighted by atomic mass is 9.99. The number of nitrogens with two attached hydrogens (primary N) is 1. The molecular formula is C14H19NO4S. The SMILES string of the molecule is COC(=O)[C@H]1[C@H](c2ccc(S(N)(=O)=O)cc2C)C1(C)C. The van der Waals surface area contributed by atoms with Crippen molar-refractivity contribution in [3.8, 4) is 0 Å². The van der Waals surface area contributed by atoms with Crippen LogP contribution in [0.1, 0.15) is 30.9 Å². The summed E-state index contributed by atoms with van der Waals surface area (Å²) in [5, 5.41) is 5.12. The van der Waals surface area contributed by atoms with Crippen molar-refractivity contribution in [2.24, 2.45) is 16.5 Å². The summed E-state index contributed by atoms with van der Waals surface area (Å²) in [6, 6.07) is 4.78. The van der Waals surface area contributed by atoms with Crippen molar-refractivity contribution in [2.45, 2.75) is 31.6 Å². The Hall–Kier alpha value is -1.40. The third kappa shape index (κ3) is 2.33. The van der Waals surface area contributed by atoms with Crippen molar-refractivity contribution in [3.05, 3.63) is 29.3 Å². The summed E-state index contributed by atoms with van der Waals surface area (Å²) in [6.45, 7) is 5.84. The number of esters is 1. The molecule has 0 heterocycles. The number of rotatable bonds is 3. The fourth-order valence-corrected chi connectivity index (χ4v) is 3.56. The Morgan fingerprint density at radius 2 is 1.95 bits per heavy atom. The van der Waals surface area contributed by atoms with Gasteiger partial charge in [-0.1, -0.05) is 19.9 Å². The van der Waals surface area contributed by atoms with Gasteiger partial charge in [0.15, 0.2) is 0 Å². The van der Waals surface area contributed by atoms with E-state index in [0.29, 0.717) is 0 Å². The van der Waals surface area contributed by atoms with Crippen LogP contribution in [-0.2, 0) is 19.6 Å². The van der Waals surface area contributed by atoms with Crippen LogP contribution in [0.2, 0.25) is 0 Å². The van der Waals surface area contributed by atoms with E-state index in [1.54, 1.807) is 12.1 Å². The van der Waals surface area contributed by atoms with Crippen LogP contribution in [0.15, 0.2) is 23.1 Å². The molecule has 2 rings (SSSR count). The maximum absolute atomic E-state index is 11.8. The van der Waals surface area contributed by atoms with Crippen LogP contribution >= 0.6 is 0 Å². The molecule has 0 radical (unpaired) electrons. The number of aryl methyl sites for hydroxylation is 1. The molecule has 0 spiro atoms. The lowest BCUT2D eigenvalue weighted by Crippen LogP contribution is -2.12. The predicted molar refractivity (Wildman–Crippen MR) is 74.6 cm³/mol. The molecule has 1 fully saturated rings. The summed E-state index contributed by atoms with van der Waals surface area (Å²) in [4.78, 5) is 11.9. The maximum atomic E-state index is 11.8. The minimum absolute atomic E-state index is 0.0458. The van der Waals surface area contributed by atoms with Crippen molar-refractivity contribution in [3.63, 3.8) is 0 Å². The first kappa shape index (κ1) is 15.0. The number of carbonyl (C=O) groups is 1. The van der Waals surface area contributed by atoms with E-state index in [-0.39, 0.29) is 28.1 Å². The number of carbonyl (C=O) groups excluding carboxylic acids is 1. The molecule has 1 aliphatic carbocycles. The number of sulfonamides is 1. The third-order valence-electron chi connectivity index (χ3n) is 4.19. The predicted octanol–water partition coefficient (Wildman–Crippen LogP) is 1.56. The number of ether oxygens (including phenoxy) is 1. The normalized spacial score (nSPS) is 24.2. The summed E-state index contributed by atoms with van der Waals surface area (Å²) in [5.41, 5.74) is 1.61. The van der Waals surface area contributed by atoms with Gasteiger partial charge in [0.2, 0.25) is 10.0 Å². The Morgan fingerprint density at radius 1 is 1.35 bits per heavy atom. The summed E-state index contributed by atoms with van der Waals surface area (Å²) >= 11 is 0. The third-order valence-corrected chi connectivity index (χ3v) is 5.10. The minimum atomic E-state index is -3.70. The van der Waals surface area contributed by atoms with Crippen LogP contribution < -0.4 is 5.14 Å².